The highest BCUT2D eigenvalue weighted by atomic mass is 16.5. The number of amides is 2. The van der Waals surface area contributed by atoms with Gasteiger partial charge in [-0.15, -0.1) is 0 Å². The molecule has 2 N–H and O–H groups in total. The molecule has 7 heteroatoms. The average molecular weight is 374 g/mol. The predicted octanol–water partition coefficient (Wildman–Crippen LogP) is 1.59. The van der Waals surface area contributed by atoms with E-state index in [0.29, 0.717) is 18.0 Å². The van der Waals surface area contributed by atoms with Gasteiger partial charge in [0.15, 0.2) is 0 Å². The van der Waals surface area contributed by atoms with E-state index in [1.807, 2.05) is 0 Å². The molecule has 7 nitrogen and oxygen atoms in total. The number of carbonyl (C=O) groups is 2. The number of piperidine rings is 1. The number of nitrogens with one attached hydrogen (secondary N) is 2. The fraction of sp³-hybridized carbons (Fsp3) is 0.650. The van der Waals surface area contributed by atoms with E-state index in [9.17, 15) is 9.59 Å². The number of carbonyl (C=O) groups excluding carboxylic acids is 2. The maximum atomic E-state index is 12.6. The van der Waals surface area contributed by atoms with Gasteiger partial charge in [-0.05, 0) is 44.8 Å². The van der Waals surface area contributed by atoms with Gasteiger partial charge in [0.1, 0.15) is 0 Å². The van der Waals surface area contributed by atoms with E-state index in [2.05, 4.69) is 20.5 Å². The summed E-state index contributed by atoms with van der Waals surface area (Å²) < 4.78 is 5.01. The molecule has 1 saturated heterocycles. The van der Waals surface area contributed by atoms with Crippen LogP contribution in [0.25, 0.3) is 0 Å². The van der Waals surface area contributed by atoms with Gasteiger partial charge in [0, 0.05) is 31.4 Å². The summed E-state index contributed by atoms with van der Waals surface area (Å²) >= 11 is 0. The normalized spacial score (nSPS) is 23.0. The van der Waals surface area contributed by atoms with Crippen molar-refractivity contribution in [2.24, 2.45) is 5.92 Å². The zero-order chi connectivity index (χ0) is 19.1. The summed E-state index contributed by atoms with van der Waals surface area (Å²) in [5, 5.41) is 6.08. The van der Waals surface area contributed by atoms with Crippen molar-refractivity contribution in [2.75, 3.05) is 33.3 Å². The molecular weight excluding hydrogens is 344 g/mol. The van der Waals surface area contributed by atoms with Crippen LogP contribution in [0.3, 0.4) is 0 Å². The van der Waals surface area contributed by atoms with Crippen LogP contribution in [0.4, 0.5) is 0 Å². The lowest BCUT2D eigenvalue weighted by molar-refractivity contribution is -0.125. The molecule has 3 rings (SSSR count). The topological polar surface area (TPSA) is 83.6 Å². The number of nitrogens with zero attached hydrogens (tertiary/aromatic N) is 2. The first-order valence-corrected chi connectivity index (χ1v) is 9.98. The third-order valence-electron chi connectivity index (χ3n) is 5.55. The molecule has 2 amide bonds. The molecule has 0 unspecified atom stereocenters. The van der Waals surface area contributed by atoms with Crippen LogP contribution in [0.2, 0.25) is 0 Å². The van der Waals surface area contributed by atoms with Crippen molar-refractivity contribution in [1.82, 2.24) is 20.5 Å². The number of hydrogen-bond acceptors (Lipinski definition) is 5. The van der Waals surface area contributed by atoms with Gasteiger partial charge in [-0.1, -0.05) is 12.8 Å². The van der Waals surface area contributed by atoms with Gasteiger partial charge < -0.3 is 20.3 Å². The van der Waals surface area contributed by atoms with Crippen molar-refractivity contribution in [2.45, 2.75) is 44.6 Å². The Bertz CT molecular complexity index is 629. The summed E-state index contributed by atoms with van der Waals surface area (Å²) in [6.07, 6.45) is 7.93. The number of hydrogen-bond donors (Lipinski definition) is 2. The molecule has 1 aromatic heterocycles. The van der Waals surface area contributed by atoms with Gasteiger partial charge in [-0.25, -0.2) is 4.98 Å². The predicted molar refractivity (Wildman–Crippen MR) is 103 cm³/mol. The van der Waals surface area contributed by atoms with E-state index in [-0.39, 0.29) is 23.8 Å². The zero-order valence-electron chi connectivity index (χ0n) is 16.1. The van der Waals surface area contributed by atoms with E-state index >= 15 is 0 Å². The van der Waals surface area contributed by atoms with E-state index in [1.54, 1.807) is 12.1 Å². The number of rotatable bonds is 7. The lowest BCUT2D eigenvalue weighted by Crippen LogP contribution is -2.45. The molecule has 27 heavy (non-hydrogen) atoms. The molecule has 2 fully saturated rings. The van der Waals surface area contributed by atoms with Crippen LogP contribution in [-0.4, -0.2) is 61.0 Å². The maximum absolute atomic E-state index is 12.6. The molecule has 1 aliphatic heterocycles. The molecule has 2 aliphatic rings. The van der Waals surface area contributed by atoms with E-state index in [4.69, 9.17) is 4.74 Å². The molecule has 0 aromatic carbocycles. The Balaban J connectivity index is 1.46. The van der Waals surface area contributed by atoms with Crippen molar-refractivity contribution in [3.8, 4) is 5.88 Å². The second-order valence-electron chi connectivity index (χ2n) is 7.40. The molecule has 1 saturated carbocycles. The SMILES string of the molecule is COc1ccc(C(=O)N[C@@H]2CCC[C@@H]2C(=O)NCCN2CCCCC2)cn1. The number of ether oxygens (including phenoxy) is 1. The highest BCUT2D eigenvalue weighted by Crippen LogP contribution is 2.26. The van der Waals surface area contributed by atoms with Crippen LogP contribution >= 0.6 is 0 Å². The van der Waals surface area contributed by atoms with Gasteiger partial charge in [0.05, 0.1) is 18.6 Å². The Kier molecular flexibility index (Phi) is 7.04. The Labute approximate surface area is 160 Å². The first-order valence-electron chi connectivity index (χ1n) is 9.98. The summed E-state index contributed by atoms with van der Waals surface area (Å²) in [6, 6.07) is 3.23. The van der Waals surface area contributed by atoms with Crippen molar-refractivity contribution >= 4 is 11.8 Å². The number of likely N-dealkylation sites (tertiary alicyclic amines) is 1. The van der Waals surface area contributed by atoms with Crippen LogP contribution in [0.1, 0.15) is 48.9 Å². The summed E-state index contributed by atoms with van der Waals surface area (Å²) in [5.41, 5.74) is 0.479. The van der Waals surface area contributed by atoms with Crippen LogP contribution < -0.4 is 15.4 Å². The minimum atomic E-state index is -0.192. The number of methoxy groups -OCH3 is 1. The number of aromatic nitrogens is 1. The first kappa shape index (κ1) is 19.6. The Morgan fingerprint density at radius 2 is 2.00 bits per heavy atom. The van der Waals surface area contributed by atoms with Crippen molar-refractivity contribution < 1.29 is 14.3 Å². The van der Waals surface area contributed by atoms with Gasteiger partial charge in [0.25, 0.3) is 5.91 Å². The monoisotopic (exact) mass is 374 g/mol. The van der Waals surface area contributed by atoms with Crippen molar-refractivity contribution in [3.05, 3.63) is 23.9 Å². The second kappa shape index (κ2) is 9.69. The molecule has 0 spiro atoms. The first-order chi connectivity index (χ1) is 13.2. The fourth-order valence-electron chi connectivity index (χ4n) is 3.99. The lowest BCUT2D eigenvalue weighted by Gasteiger charge is -2.27. The number of pyridine rings is 1. The highest BCUT2D eigenvalue weighted by Gasteiger charge is 2.34. The summed E-state index contributed by atoms with van der Waals surface area (Å²) in [5.74, 6) is 0.186. The van der Waals surface area contributed by atoms with Gasteiger partial charge in [-0.2, -0.15) is 0 Å². The fourth-order valence-corrected chi connectivity index (χ4v) is 3.99. The molecular formula is C20H30N4O3. The molecule has 2 heterocycles. The standard InChI is InChI=1S/C20H30N4O3/c1-27-18-9-8-15(14-22-18)19(25)23-17-7-5-6-16(17)20(26)21-10-13-24-11-3-2-4-12-24/h8-9,14,16-17H,2-7,10-13H2,1H3,(H,21,26)(H,23,25)/t16-,17+/m0/s1. The molecule has 0 bridgehead atoms. The quantitative estimate of drug-likeness (QED) is 0.757. The smallest absolute Gasteiger partial charge is 0.253 e. The second-order valence-corrected chi connectivity index (χ2v) is 7.40. The zero-order valence-corrected chi connectivity index (χ0v) is 16.1. The summed E-state index contributed by atoms with van der Waals surface area (Å²) in [7, 11) is 1.54. The van der Waals surface area contributed by atoms with Crippen molar-refractivity contribution in [1.29, 1.82) is 0 Å². The third-order valence-corrected chi connectivity index (χ3v) is 5.55. The minimum absolute atomic E-state index is 0.0580. The van der Waals surface area contributed by atoms with E-state index in [1.165, 1.54) is 32.6 Å². The summed E-state index contributed by atoms with van der Waals surface area (Å²) in [6.45, 7) is 3.85. The minimum Gasteiger partial charge on any atom is -0.481 e. The Morgan fingerprint density at radius 3 is 2.70 bits per heavy atom. The average Bonchev–Trinajstić information content (AvgIpc) is 3.17. The molecule has 0 radical (unpaired) electrons. The molecule has 1 aromatic rings. The molecule has 148 valence electrons. The van der Waals surface area contributed by atoms with Crippen LogP contribution in [0.5, 0.6) is 5.88 Å². The van der Waals surface area contributed by atoms with E-state index in [0.717, 1.165) is 38.9 Å². The summed E-state index contributed by atoms with van der Waals surface area (Å²) in [4.78, 5) is 31.5. The van der Waals surface area contributed by atoms with Crippen molar-refractivity contribution in [3.63, 3.8) is 0 Å². The largest absolute Gasteiger partial charge is 0.481 e. The highest BCUT2D eigenvalue weighted by molar-refractivity contribution is 5.94. The van der Waals surface area contributed by atoms with Crippen LogP contribution in [-0.2, 0) is 4.79 Å². The van der Waals surface area contributed by atoms with Crippen LogP contribution in [0, 0.1) is 5.92 Å². The van der Waals surface area contributed by atoms with Gasteiger partial charge >= 0.3 is 0 Å². The molecule has 1 aliphatic carbocycles. The van der Waals surface area contributed by atoms with E-state index < -0.39 is 0 Å². The maximum Gasteiger partial charge on any atom is 0.253 e. The van der Waals surface area contributed by atoms with Gasteiger partial charge in [-0.3, -0.25) is 9.59 Å². The van der Waals surface area contributed by atoms with Crippen LogP contribution in [0.15, 0.2) is 18.3 Å². The molecule has 2 atom stereocenters. The Hall–Kier alpha value is -2.15. The Morgan fingerprint density at radius 1 is 1.19 bits per heavy atom. The lowest BCUT2D eigenvalue weighted by atomic mass is 10.0. The van der Waals surface area contributed by atoms with Gasteiger partial charge in [0.2, 0.25) is 11.8 Å². The third kappa shape index (κ3) is 5.42.